The van der Waals surface area contributed by atoms with Crippen LogP contribution in [0.3, 0.4) is 0 Å². The van der Waals surface area contributed by atoms with E-state index in [1.54, 1.807) is 0 Å². The molecule has 39 heavy (non-hydrogen) atoms. The van der Waals surface area contributed by atoms with E-state index in [0.717, 1.165) is 11.4 Å². The molecule has 0 aliphatic heterocycles. The van der Waals surface area contributed by atoms with Crippen LogP contribution in [0, 0.1) is 0 Å². The van der Waals surface area contributed by atoms with Crippen LogP contribution in [0.4, 0.5) is 11.4 Å². The normalized spacial score (nSPS) is 12.4. The molecule has 3 heteroatoms. The van der Waals surface area contributed by atoms with Crippen LogP contribution in [0.25, 0.3) is 55.0 Å². The van der Waals surface area contributed by atoms with Gasteiger partial charge in [0.05, 0.1) is 22.1 Å². The first-order chi connectivity index (χ1) is 19.3. The van der Waals surface area contributed by atoms with Gasteiger partial charge in [-0.2, -0.15) is 0 Å². The van der Waals surface area contributed by atoms with Gasteiger partial charge in [-0.3, -0.25) is 0 Å². The highest BCUT2D eigenvalue weighted by Crippen LogP contribution is 2.36. The van der Waals surface area contributed by atoms with Crippen molar-refractivity contribution in [3.05, 3.63) is 133 Å². The maximum Gasteiger partial charge on any atom is 0.0542 e. The molecule has 5 aromatic carbocycles. The van der Waals surface area contributed by atoms with Gasteiger partial charge in [-0.05, 0) is 80.6 Å². The number of allylic oxidation sites excluding steroid dienone is 4. The lowest BCUT2D eigenvalue weighted by atomic mass is 10.1. The quantitative estimate of drug-likeness (QED) is 0.232. The predicted octanol–water partition coefficient (Wildman–Crippen LogP) is 10.1. The van der Waals surface area contributed by atoms with E-state index in [4.69, 9.17) is 0 Å². The molecule has 0 atom stereocenters. The molecule has 3 nitrogen and oxygen atoms in total. The third-order valence-corrected chi connectivity index (χ3v) is 7.54. The lowest BCUT2D eigenvalue weighted by Crippen LogP contribution is -1.95. The van der Waals surface area contributed by atoms with Crippen molar-refractivity contribution in [1.82, 2.24) is 9.13 Å². The van der Waals surface area contributed by atoms with Gasteiger partial charge >= 0.3 is 0 Å². The number of nitrogens with one attached hydrogen (secondary N) is 1. The molecular formula is C36H29N3. The summed E-state index contributed by atoms with van der Waals surface area (Å²) in [4.78, 5) is 0. The first-order valence-electron chi connectivity index (χ1n) is 13.4. The van der Waals surface area contributed by atoms with E-state index in [1.165, 1.54) is 55.0 Å². The van der Waals surface area contributed by atoms with Gasteiger partial charge in [0, 0.05) is 44.3 Å². The number of anilines is 2. The summed E-state index contributed by atoms with van der Waals surface area (Å²) in [6.07, 6.45) is 6.43. The molecule has 0 spiro atoms. The lowest BCUT2D eigenvalue weighted by Gasteiger charge is -2.11. The van der Waals surface area contributed by atoms with Crippen LogP contribution in [-0.2, 0) is 0 Å². The minimum atomic E-state index is 1.07. The fourth-order valence-corrected chi connectivity index (χ4v) is 5.87. The Morgan fingerprint density at radius 2 is 1.10 bits per heavy atom. The lowest BCUT2D eigenvalue weighted by molar-refractivity contribution is 1.18. The highest BCUT2D eigenvalue weighted by molar-refractivity contribution is 6.12. The zero-order valence-electron chi connectivity index (χ0n) is 22.1. The molecule has 0 radical (unpaired) electrons. The number of aromatic nitrogens is 2. The van der Waals surface area contributed by atoms with Gasteiger partial charge in [0.1, 0.15) is 0 Å². The summed E-state index contributed by atoms with van der Waals surface area (Å²) >= 11 is 0. The molecule has 0 saturated heterocycles. The minimum absolute atomic E-state index is 1.07. The molecule has 7 rings (SSSR count). The Morgan fingerprint density at radius 1 is 0.564 bits per heavy atom. The number of hydrogen-bond donors (Lipinski definition) is 1. The van der Waals surface area contributed by atoms with Gasteiger partial charge < -0.3 is 14.5 Å². The molecule has 0 unspecified atom stereocenters. The van der Waals surface area contributed by atoms with E-state index < -0.39 is 0 Å². The Kier molecular flexibility index (Phi) is 5.56. The summed E-state index contributed by atoms with van der Waals surface area (Å²) in [5.41, 5.74) is 9.32. The Hall–Kier alpha value is -5.02. The Balaban J connectivity index is 1.35. The van der Waals surface area contributed by atoms with Gasteiger partial charge in [0.15, 0.2) is 0 Å². The molecular weight excluding hydrogens is 474 g/mol. The molecule has 188 valence electrons. The van der Waals surface area contributed by atoms with Crippen molar-refractivity contribution < 1.29 is 0 Å². The average molecular weight is 504 g/mol. The number of rotatable bonds is 5. The van der Waals surface area contributed by atoms with Crippen molar-refractivity contribution in [3.63, 3.8) is 0 Å². The number of para-hydroxylation sites is 3. The summed E-state index contributed by atoms with van der Waals surface area (Å²) in [6, 6.07) is 41.2. The Labute approximate surface area is 227 Å². The number of hydrogen-bond acceptors (Lipinski definition) is 1. The zero-order valence-corrected chi connectivity index (χ0v) is 22.1. The average Bonchev–Trinajstić information content (AvgIpc) is 3.49. The minimum Gasteiger partial charge on any atom is -0.355 e. The molecule has 1 N–H and O–H groups in total. The van der Waals surface area contributed by atoms with Crippen LogP contribution in [0.5, 0.6) is 0 Å². The Bertz CT molecular complexity index is 2050. The number of nitrogens with zero attached hydrogens (tertiary/aromatic N) is 2. The third kappa shape index (κ3) is 3.74. The highest BCUT2D eigenvalue weighted by atomic mass is 15.0. The van der Waals surface area contributed by atoms with Crippen molar-refractivity contribution in [2.75, 3.05) is 5.32 Å². The summed E-state index contributed by atoms with van der Waals surface area (Å²) in [7, 11) is 0. The van der Waals surface area contributed by atoms with Crippen molar-refractivity contribution >= 4 is 60.7 Å². The largest absolute Gasteiger partial charge is 0.355 e. The molecule has 0 aliphatic carbocycles. The van der Waals surface area contributed by atoms with E-state index in [-0.39, 0.29) is 0 Å². The van der Waals surface area contributed by atoms with Crippen LogP contribution in [0.15, 0.2) is 133 Å². The van der Waals surface area contributed by atoms with Gasteiger partial charge in [-0.15, -0.1) is 0 Å². The van der Waals surface area contributed by atoms with Crippen LogP contribution in [-0.4, -0.2) is 9.13 Å². The molecule has 2 aromatic heterocycles. The van der Waals surface area contributed by atoms with Crippen LogP contribution in [0.1, 0.15) is 13.8 Å². The van der Waals surface area contributed by atoms with E-state index in [1.807, 2.05) is 0 Å². The van der Waals surface area contributed by atoms with E-state index in [0.29, 0.717) is 0 Å². The van der Waals surface area contributed by atoms with Gasteiger partial charge in [0.25, 0.3) is 0 Å². The van der Waals surface area contributed by atoms with Crippen molar-refractivity contribution in [2.45, 2.75) is 13.8 Å². The highest BCUT2D eigenvalue weighted by Gasteiger charge is 2.14. The second-order valence-corrected chi connectivity index (χ2v) is 9.84. The van der Waals surface area contributed by atoms with E-state index >= 15 is 0 Å². The van der Waals surface area contributed by atoms with E-state index in [2.05, 4.69) is 162 Å². The summed E-state index contributed by atoms with van der Waals surface area (Å²) < 4.78 is 4.69. The molecule has 7 aromatic rings. The van der Waals surface area contributed by atoms with Crippen molar-refractivity contribution in [1.29, 1.82) is 0 Å². The van der Waals surface area contributed by atoms with Crippen LogP contribution in [0.2, 0.25) is 0 Å². The van der Waals surface area contributed by atoms with Crippen LogP contribution >= 0.6 is 0 Å². The summed E-state index contributed by atoms with van der Waals surface area (Å²) in [5.74, 6) is 0. The maximum atomic E-state index is 3.70. The fraction of sp³-hybridized carbons (Fsp3) is 0.0556. The standard InChI is InChI=1S/C36H29N3/c1-3-12-27(4-2)38-33-17-10-8-15-29(33)31-23-25(19-21-35(31)38)37-26-20-22-36-32(24-26)30-16-9-11-18-34(30)39(36)28-13-6-5-7-14-28/h3-24,37H,1-2H3/b12-3-,27-4+. The second-order valence-electron chi connectivity index (χ2n) is 9.84. The summed E-state index contributed by atoms with van der Waals surface area (Å²) in [6.45, 7) is 4.16. The molecule has 0 aliphatic rings. The molecule has 2 heterocycles. The number of fused-ring (bicyclic) bond motifs is 6. The van der Waals surface area contributed by atoms with E-state index in [9.17, 15) is 0 Å². The Morgan fingerprint density at radius 3 is 1.79 bits per heavy atom. The van der Waals surface area contributed by atoms with Crippen LogP contribution < -0.4 is 5.32 Å². The molecule has 0 amide bonds. The monoisotopic (exact) mass is 503 g/mol. The zero-order chi connectivity index (χ0) is 26.3. The van der Waals surface area contributed by atoms with Crippen molar-refractivity contribution in [2.24, 2.45) is 0 Å². The fourth-order valence-electron chi connectivity index (χ4n) is 5.87. The molecule has 0 saturated carbocycles. The van der Waals surface area contributed by atoms with Gasteiger partial charge in [-0.25, -0.2) is 0 Å². The first-order valence-corrected chi connectivity index (χ1v) is 13.4. The number of benzene rings is 5. The smallest absolute Gasteiger partial charge is 0.0542 e. The topological polar surface area (TPSA) is 21.9 Å². The van der Waals surface area contributed by atoms with Gasteiger partial charge in [-0.1, -0.05) is 66.7 Å². The van der Waals surface area contributed by atoms with Crippen molar-refractivity contribution in [3.8, 4) is 5.69 Å². The summed E-state index contributed by atoms with van der Waals surface area (Å²) in [5, 5.41) is 8.67. The third-order valence-electron chi connectivity index (χ3n) is 7.54. The molecule has 0 bridgehead atoms. The SMILES string of the molecule is C/C=C\C(=C/C)n1c2ccccc2c2cc(Nc3ccc4c(c3)c3ccccc3n4-c3ccccc3)ccc21. The maximum absolute atomic E-state index is 3.70. The van der Waals surface area contributed by atoms with Gasteiger partial charge in [0.2, 0.25) is 0 Å². The molecule has 0 fully saturated rings. The second kappa shape index (κ2) is 9.38. The first kappa shape index (κ1) is 23.1. The predicted molar refractivity (Wildman–Crippen MR) is 168 cm³/mol.